The molecule has 7 nitrogen and oxygen atoms in total. The number of nitrogen functional groups attached to an aromatic ring is 1. The zero-order chi connectivity index (χ0) is 18.6. The second kappa shape index (κ2) is 7.70. The summed E-state index contributed by atoms with van der Waals surface area (Å²) in [5.41, 5.74) is 8.38. The van der Waals surface area contributed by atoms with Crippen molar-refractivity contribution in [1.29, 1.82) is 5.26 Å². The summed E-state index contributed by atoms with van der Waals surface area (Å²) >= 11 is 1.69. The molecule has 1 fully saturated rings. The van der Waals surface area contributed by atoms with Gasteiger partial charge in [-0.1, -0.05) is 30.3 Å². The van der Waals surface area contributed by atoms with Crippen molar-refractivity contribution in [3.05, 3.63) is 53.2 Å². The second-order valence-electron chi connectivity index (χ2n) is 6.35. The van der Waals surface area contributed by atoms with E-state index in [-0.39, 0.29) is 5.82 Å². The minimum Gasteiger partial charge on any atom is -0.382 e. The Morgan fingerprint density at radius 1 is 1.11 bits per heavy atom. The minimum atomic E-state index is 0.237. The molecule has 8 heteroatoms. The van der Waals surface area contributed by atoms with Crippen LogP contribution in [0.3, 0.4) is 0 Å². The largest absolute Gasteiger partial charge is 0.382 e. The van der Waals surface area contributed by atoms with E-state index in [2.05, 4.69) is 37.3 Å². The van der Waals surface area contributed by atoms with Crippen molar-refractivity contribution in [2.24, 2.45) is 0 Å². The van der Waals surface area contributed by atoms with Gasteiger partial charge in [0.05, 0.1) is 11.9 Å². The maximum absolute atomic E-state index is 8.93. The number of nitrogens with zero attached hydrogens (tertiary/aromatic N) is 6. The molecule has 1 aliphatic heterocycles. The van der Waals surface area contributed by atoms with Crippen molar-refractivity contribution < 1.29 is 0 Å². The van der Waals surface area contributed by atoms with E-state index in [0.717, 1.165) is 49.0 Å². The molecule has 136 valence electrons. The van der Waals surface area contributed by atoms with Crippen LogP contribution >= 0.6 is 11.3 Å². The van der Waals surface area contributed by atoms with Crippen LogP contribution in [0.15, 0.2) is 41.9 Å². The Labute approximate surface area is 161 Å². The van der Waals surface area contributed by atoms with Gasteiger partial charge in [0, 0.05) is 43.7 Å². The number of nitrogens with two attached hydrogens (primary N) is 1. The Kier molecular flexibility index (Phi) is 4.96. The molecule has 0 saturated carbocycles. The van der Waals surface area contributed by atoms with E-state index in [9.17, 15) is 0 Å². The van der Waals surface area contributed by atoms with Crippen molar-refractivity contribution in [3.63, 3.8) is 0 Å². The van der Waals surface area contributed by atoms with Crippen LogP contribution in [-0.4, -0.2) is 46.0 Å². The quantitative estimate of drug-likeness (QED) is 0.746. The second-order valence-corrected chi connectivity index (χ2v) is 7.21. The van der Waals surface area contributed by atoms with E-state index >= 15 is 0 Å². The van der Waals surface area contributed by atoms with Gasteiger partial charge in [-0.15, -0.1) is 11.3 Å². The first-order valence-electron chi connectivity index (χ1n) is 8.72. The van der Waals surface area contributed by atoms with Crippen molar-refractivity contribution in [2.75, 3.05) is 36.8 Å². The highest BCUT2D eigenvalue weighted by Gasteiger charge is 2.20. The molecule has 3 heterocycles. The Balaban J connectivity index is 1.35. The van der Waals surface area contributed by atoms with Crippen molar-refractivity contribution >= 4 is 23.1 Å². The molecular formula is C19H19N7S. The molecule has 0 unspecified atom stereocenters. The van der Waals surface area contributed by atoms with E-state index in [1.807, 2.05) is 24.3 Å². The van der Waals surface area contributed by atoms with Crippen LogP contribution in [0.4, 0.5) is 11.8 Å². The molecule has 3 aromatic rings. The van der Waals surface area contributed by atoms with Gasteiger partial charge in [0.1, 0.15) is 22.5 Å². The van der Waals surface area contributed by atoms with Crippen molar-refractivity contribution in [1.82, 2.24) is 19.9 Å². The number of hydrogen-bond donors (Lipinski definition) is 1. The maximum Gasteiger partial charge on any atom is 0.227 e. The number of aromatic nitrogens is 3. The molecule has 1 aromatic carbocycles. The molecule has 0 bridgehead atoms. The van der Waals surface area contributed by atoms with Gasteiger partial charge in [-0.2, -0.15) is 10.2 Å². The topological polar surface area (TPSA) is 95.0 Å². The van der Waals surface area contributed by atoms with Gasteiger partial charge in [0.2, 0.25) is 5.95 Å². The van der Waals surface area contributed by atoms with Gasteiger partial charge in [0.15, 0.2) is 0 Å². The van der Waals surface area contributed by atoms with Crippen molar-refractivity contribution in [2.45, 2.75) is 6.54 Å². The normalized spacial score (nSPS) is 14.9. The first-order valence-corrected chi connectivity index (χ1v) is 9.60. The molecule has 0 amide bonds. The predicted octanol–water partition coefficient (Wildman–Crippen LogP) is 2.38. The lowest BCUT2D eigenvalue weighted by Crippen LogP contribution is -2.46. The smallest absolute Gasteiger partial charge is 0.227 e. The van der Waals surface area contributed by atoms with Crippen LogP contribution in [0.1, 0.15) is 11.3 Å². The zero-order valence-corrected chi connectivity index (χ0v) is 15.6. The van der Waals surface area contributed by atoms with E-state index in [4.69, 9.17) is 16.0 Å². The Bertz CT molecular complexity index is 956. The highest BCUT2D eigenvalue weighted by molar-refractivity contribution is 7.13. The van der Waals surface area contributed by atoms with Gasteiger partial charge in [-0.25, -0.2) is 9.97 Å². The van der Waals surface area contributed by atoms with Crippen LogP contribution < -0.4 is 10.6 Å². The number of rotatable bonds is 4. The van der Waals surface area contributed by atoms with Crippen LogP contribution in [0.25, 0.3) is 10.6 Å². The molecule has 0 radical (unpaired) electrons. The molecule has 0 aliphatic carbocycles. The van der Waals surface area contributed by atoms with Gasteiger partial charge in [-0.3, -0.25) is 4.90 Å². The fourth-order valence-corrected chi connectivity index (χ4v) is 3.87. The molecular weight excluding hydrogens is 358 g/mol. The van der Waals surface area contributed by atoms with E-state index in [1.54, 1.807) is 11.3 Å². The van der Waals surface area contributed by atoms with Gasteiger partial charge < -0.3 is 10.6 Å². The van der Waals surface area contributed by atoms with Crippen LogP contribution in [0, 0.1) is 11.3 Å². The number of anilines is 2. The molecule has 2 aromatic heterocycles. The third-order valence-electron chi connectivity index (χ3n) is 4.54. The standard InChI is InChI=1S/C19H19N7S/c20-10-15-11-22-19(24-17(15)21)26-8-6-25(7-9-26)12-16-13-27-18(23-16)14-4-2-1-3-5-14/h1-5,11,13H,6-9,12H2,(H2,21,22,24). The van der Waals surface area contributed by atoms with Crippen LogP contribution in [0.2, 0.25) is 0 Å². The minimum absolute atomic E-state index is 0.237. The lowest BCUT2D eigenvalue weighted by atomic mass is 10.2. The molecule has 0 spiro atoms. The molecule has 4 rings (SSSR count). The first-order chi connectivity index (χ1) is 13.2. The summed E-state index contributed by atoms with van der Waals surface area (Å²) in [6.45, 7) is 4.29. The summed E-state index contributed by atoms with van der Waals surface area (Å²) in [7, 11) is 0. The van der Waals surface area contributed by atoms with E-state index in [0.29, 0.717) is 11.5 Å². The molecule has 1 aliphatic rings. The summed E-state index contributed by atoms with van der Waals surface area (Å²) in [5.74, 6) is 0.826. The maximum atomic E-state index is 8.93. The Morgan fingerprint density at radius 2 is 1.89 bits per heavy atom. The third kappa shape index (κ3) is 3.89. The lowest BCUT2D eigenvalue weighted by Gasteiger charge is -2.34. The van der Waals surface area contributed by atoms with E-state index in [1.165, 1.54) is 6.20 Å². The fourth-order valence-electron chi connectivity index (χ4n) is 3.05. The average molecular weight is 377 g/mol. The number of benzene rings is 1. The summed E-state index contributed by atoms with van der Waals surface area (Å²) < 4.78 is 0. The summed E-state index contributed by atoms with van der Waals surface area (Å²) in [4.78, 5) is 17.8. The SMILES string of the molecule is N#Cc1cnc(N2CCN(Cc3csc(-c4ccccc4)n3)CC2)nc1N. The summed E-state index contributed by atoms with van der Waals surface area (Å²) in [5, 5.41) is 12.1. The summed E-state index contributed by atoms with van der Waals surface area (Å²) in [6, 6.07) is 12.3. The van der Waals surface area contributed by atoms with Crippen molar-refractivity contribution in [3.8, 4) is 16.6 Å². The molecule has 2 N–H and O–H groups in total. The molecule has 27 heavy (non-hydrogen) atoms. The van der Waals surface area contributed by atoms with Crippen LogP contribution in [-0.2, 0) is 6.54 Å². The first kappa shape index (κ1) is 17.4. The van der Waals surface area contributed by atoms with Gasteiger partial charge >= 0.3 is 0 Å². The Hall–Kier alpha value is -3.02. The highest BCUT2D eigenvalue weighted by Crippen LogP contribution is 2.24. The van der Waals surface area contributed by atoms with E-state index < -0.39 is 0 Å². The number of nitriles is 1. The van der Waals surface area contributed by atoms with Gasteiger partial charge in [0.25, 0.3) is 0 Å². The average Bonchev–Trinajstić information content (AvgIpc) is 3.18. The molecule has 0 atom stereocenters. The highest BCUT2D eigenvalue weighted by atomic mass is 32.1. The lowest BCUT2D eigenvalue weighted by molar-refractivity contribution is 0.246. The third-order valence-corrected chi connectivity index (χ3v) is 5.48. The zero-order valence-electron chi connectivity index (χ0n) is 14.7. The predicted molar refractivity (Wildman–Crippen MR) is 106 cm³/mol. The summed E-state index contributed by atoms with van der Waals surface area (Å²) in [6.07, 6.45) is 1.49. The Morgan fingerprint density at radius 3 is 2.59 bits per heavy atom. The van der Waals surface area contributed by atoms with Crippen LogP contribution in [0.5, 0.6) is 0 Å². The number of thiazole rings is 1. The number of piperazine rings is 1. The number of hydrogen-bond acceptors (Lipinski definition) is 8. The fraction of sp³-hybridized carbons (Fsp3) is 0.263. The molecule has 1 saturated heterocycles. The monoisotopic (exact) mass is 377 g/mol. The van der Waals surface area contributed by atoms with Gasteiger partial charge in [-0.05, 0) is 0 Å².